The fourth-order valence-electron chi connectivity index (χ4n) is 5.02. The molecule has 0 aliphatic heterocycles. The maximum atomic E-state index is 11.7. The van der Waals surface area contributed by atoms with Crippen molar-refractivity contribution in [3.63, 3.8) is 0 Å². The highest BCUT2D eigenvalue weighted by Gasteiger charge is 2.02. The molecule has 0 aromatic carbocycles. The number of hydrogen-bond acceptors (Lipinski definition) is 2. The molecule has 0 aliphatic carbocycles. The highest BCUT2D eigenvalue weighted by molar-refractivity contribution is 5.69. The Morgan fingerprint density at radius 3 is 0.943 bits per heavy atom. The quantitative estimate of drug-likeness (QED) is 0.0732. The maximum Gasteiger partial charge on any atom is 0.305 e. The second-order valence-electron chi connectivity index (χ2n) is 11.2. The van der Waals surface area contributed by atoms with Crippen molar-refractivity contribution in [2.75, 3.05) is 6.61 Å². The second-order valence-corrected chi connectivity index (χ2v) is 11.2. The van der Waals surface area contributed by atoms with E-state index in [-0.39, 0.29) is 5.97 Å². The van der Waals surface area contributed by atoms with E-state index in [1.807, 2.05) is 0 Å². The third-order valence-corrected chi connectivity index (χ3v) is 7.50. The molecule has 0 aliphatic rings. The van der Waals surface area contributed by atoms with Crippen LogP contribution in [0.25, 0.3) is 0 Å². The van der Waals surface area contributed by atoms with Crippen molar-refractivity contribution < 1.29 is 9.53 Å². The van der Waals surface area contributed by atoms with E-state index in [0.29, 0.717) is 13.0 Å². The van der Waals surface area contributed by atoms with Crippen LogP contribution in [0.15, 0.2) is 0 Å². The van der Waals surface area contributed by atoms with Gasteiger partial charge in [0.15, 0.2) is 0 Å². The predicted molar refractivity (Wildman–Crippen MR) is 156 cm³/mol. The third kappa shape index (κ3) is 31.4. The topological polar surface area (TPSA) is 26.3 Å². The summed E-state index contributed by atoms with van der Waals surface area (Å²) < 4.78 is 5.30. The predicted octanol–water partition coefficient (Wildman–Crippen LogP) is 11.9. The minimum absolute atomic E-state index is 0.0142. The molecule has 35 heavy (non-hydrogen) atoms. The van der Waals surface area contributed by atoms with Crippen LogP contribution in [-0.4, -0.2) is 12.6 Å². The number of carbonyl (C=O) groups is 1. The molecule has 0 fully saturated rings. The molecule has 0 saturated carbocycles. The van der Waals surface area contributed by atoms with E-state index < -0.39 is 0 Å². The molecule has 0 aromatic heterocycles. The largest absolute Gasteiger partial charge is 0.466 e. The van der Waals surface area contributed by atoms with Gasteiger partial charge in [0.2, 0.25) is 0 Å². The van der Waals surface area contributed by atoms with Gasteiger partial charge in [0.05, 0.1) is 6.61 Å². The molecule has 0 heterocycles. The van der Waals surface area contributed by atoms with Crippen LogP contribution in [0.5, 0.6) is 0 Å². The zero-order valence-electron chi connectivity index (χ0n) is 24.5. The van der Waals surface area contributed by atoms with Gasteiger partial charge in [-0.1, -0.05) is 181 Å². The van der Waals surface area contributed by atoms with Crippen molar-refractivity contribution >= 4 is 5.97 Å². The van der Waals surface area contributed by atoms with Crippen LogP contribution < -0.4 is 0 Å². The van der Waals surface area contributed by atoms with Crippen LogP contribution in [-0.2, 0) is 9.53 Å². The first-order valence-corrected chi connectivity index (χ1v) is 16.5. The van der Waals surface area contributed by atoms with Crippen LogP contribution in [0.1, 0.15) is 200 Å². The Hall–Kier alpha value is -0.530. The molecule has 0 bridgehead atoms. The molecule has 2 heteroatoms. The summed E-state index contributed by atoms with van der Waals surface area (Å²) in [5.41, 5.74) is 0. The summed E-state index contributed by atoms with van der Waals surface area (Å²) in [5, 5.41) is 0. The molecule has 0 radical (unpaired) electrons. The fraction of sp³-hybridized carbons (Fsp3) is 0.970. The number of ether oxygens (including phenoxy) is 1. The molecular weight excluding hydrogens is 428 g/mol. The number of rotatable bonds is 30. The lowest BCUT2D eigenvalue weighted by molar-refractivity contribution is -0.143. The molecule has 210 valence electrons. The Morgan fingerprint density at radius 2 is 0.629 bits per heavy atom. The van der Waals surface area contributed by atoms with E-state index >= 15 is 0 Å². The minimum Gasteiger partial charge on any atom is -0.466 e. The molecular formula is C33H66O2. The summed E-state index contributed by atoms with van der Waals surface area (Å²) in [6.45, 7) is 5.12. The Balaban J connectivity index is 3.08. The summed E-state index contributed by atoms with van der Waals surface area (Å²) in [6, 6.07) is 0. The number of carbonyl (C=O) groups excluding carboxylic acids is 1. The van der Waals surface area contributed by atoms with Gasteiger partial charge in [-0.15, -0.1) is 0 Å². The maximum absolute atomic E-state index is 11.7. The van der Waals surface area contributed by atoms with Gasteiger partial charge in [0.25, 0.3) is 0 Å². The van der Waals surface area contributed by atoms with Crippen molar-refractivity contribution in [3.05, 3.63) is 0 Å². The Bertz CT molecular complexity index is 393. The van der Waals surface area contributed by atoms with Gasteiger partial charge in [-0.2, -0.15) is 0 Å². The van der Waals surface area contributed by atoms with Gasteiger partial charge in [-0.3, -0.25) is 4.79 Å². The Kier molecular flexibility index (Phi) is 31.0. The number of unbranched alkanes of at least 4 members (excludes halogenated alkanes) is 26. The monoisotopic (exact) mass is 495 g/mol. The Morgan fingerprint density at radius 1 is 0.371 bits per heavy atom. The molecule has 0 saturated heterocycles. The van der Waals surface area contributed by atoms with Crippen molar-refractivity contribution in [2.24, 2.45) is 0 Å². The number of esters is 1. The molecule has 0 amide bonds. The second kappa shape index (κ2) is 31.5. The van der Waals surface area contributed by atoms with Gasteiger partial charge in [-0.05, 0) is 12.8 Å². The summed E-state index contributed by atoms with van der Waals surface area (Å²) in [5.74, 6) is 0.0142. The van der Waals surface area contributed by atoms with Crippen LogP contribution >= 0.6 is 0 Å². The summed E-state index contributed by atoms with van der Waals surface area (Å²) in [6.07, 6.45) is 39.0. The molecule has 0 unspecified atom stereocenters. The normalized spacial score (nSPS) is 11.3. The van der Waals surface area contributed by atoms with E-state index in [0.717, 1.165) is 12.8 Å². The average Bonchev–Trinajstić information content (AvgIpc) is 2.86. The van der Waals surface area contributed by atoms with Gasteiger partial charge in [0.1, 0.15) is 0 Å². The van der Waals surface area contributed by atoms with Crippen molar-refractivity contribution in [3.8, 4) is 0 Å². The van der Waals surface area contributed by atoms with E-state index in [2.05, 4.69) is 13.8 Å². The van der Waals surface area contributed by atoms with Crippen LogP contribution in [0.4, 0.5) is 0 Å². The Labute approximate surface area is 222 Å². The fourth-order valence-corrected chi connectivity index (χ4v) is 5.02. The first-order chi connectivity index (χ1) is 17.3. The smallest absolute Gasteiger partial charge is 0.305 e. The van der Waals surface area contributed by atoms with Crippen molar-refractivity contribution in [1.82, 2.24) is 0 Å². The SMILES string of the molecule is CCCCCCCCCCCCCCCCCCCCCCCCCCC(=O)OCCCCCC. The number of hydrogen-bond donors (Lipinski definition) is 0. The van der Waals surface area contributed by atoms with Crippen molar-refractivity contribution in [1.29, 1.82) is 0 Å². The average molecular weight is 495 g/mol. The highest BCUT2D eigenvalue weighted by Crippen LogP contribution is 2.16. The molecule has 0 N–H and O–H groups in total. The first kappa shape index (κ1) is 34.5. The zero-order chi connectivity index (χ0) is 25.5. The zero-order valence-corrected chi connectivity index (χ0v) is 24.5. The van der Waals surface area contributed by atoms with Crippen molar-refractivity contribution in [2.45, 2.75) is 200 Å². The lowest BCUT2D eigenvalue weighted by Gasteiger charge is -2.05. The summed E-state index contributed by atoms with van der Waals surface area (Å²) >= 11 is 0. The summed E-state index contributed by atoms with van der Waals surface area (Å²) in [7, 11) is 0. The van der Waals surface area contributed by atoms with Gasteiger partial charge in [0, 0.05) is 6.42 Å². The van der Waals surface area contributed by atoms with E-state index in [4.69, 9.17) is 4.74 Å². The van der Waals surface area contributed by atoms with Gasteiger partial charge < -0.3 is 4.74 Å². The standard InChI is InChI=1S/C33H66O2/c1-3-5-7-9-10-11-12-13-14-15-16-17-18-19-20-21-22-23-24-25-26-27-28-29-31-33(34)35-32-30-8-6-4-2/h3-32H2,1-2H3. The summed E-state index contributed by atoms with van der Waals surface area (Å²) in [4.78, 5) is 11.7. The molecule has 0 aromatic rings. The van der Waals surface area contributed by atoms with E-state index in [9.17, 15) is 4.79 Å². The van der Waals surface area contributed by atoms with Gasteiger partial charge >= 0.3 is 5.97 Å². The molecule has 0 rings (SSSR count). The van der Waals surface area contributed by atoms with Crippen LogP contribution in [0, 0.1) is 0 Å². The van der Waals surface area contributed by atoms with Crippen LogP contribution in [0.3, 0.4) is 0 Å². The highest BCUT2D eigenvalue weighted by atomic mass is 16.5. The lowest BCUT2D eigenvalue weighted by Crippen LogP contribution is -2.05. The van der Waals surface area contributed by atoms with Gasteiger partial charge in [-0.25, -0.2) is 0 Å². The van der Waals surface area contributed by atoms with E-state index in [1.54, 1.807) is 0 Å². The van der Waals surface area contributed by atoms with E-state index in [1.165, 1.54) is 167 Å². The lowest BCUT2D eigenvalue weighted by atomic mass is 10.0. The molecule has 2 nitrogen and oxygen atoms in total. The molecule has 0 atom stereocenters. The third-order valence-electron chi connectivity index (χ3n) is 7.50. The van der Waals surface area contributed by atoms with Crippen LogP contribution in [0.2, 0.25) is 0 Å². The first-order valence-electron chi connectivity index (χ1n) is 16.5. The molecule has 0 spiro atoms. The minimum atomic E-state index is 0.0142.